The summed E-state index contributed by atoms with van der Waals surface area (Å²) in [5.74, 6) is -1.73. The summed E-state index contributed by atoms with van der Waals surface area (Å²) in [6, 6.07) is 1.87. The molecule has 19 heavy (non-hydrogen) atoms. The van der Waals surface area contributed by atoms with E-state index in [1.165, 1.54) is 0 Å². The number of primary amides is 1. The second-order valence-corrected chi connectivity index (χ2v) is 7.42. The minimum Gasteiger partial charge on any atom is -0.481 e. The normalized spacial score (nSPS) is 12.2. The van der Waals surface area contributed by atoms with Gasteiger partial charge in [-0.3, -0.25) is 9.59 Å². The van der Waals surface area contributed by atoms with Crippen molar-refractivity contribution in [1.82, 2.24) is 0 Å². The maximum atomic E-state index is 11.5. The molecule has 0 saturated carbocycles. The zero-order valence-corrected chi connectivity index (χ0v) is 16.5. The minimum atomic E-state index is -0.812. The first-order chi connectivity index (χ1) is 8.79. The topological polar surface area (TPSA) is 80.4 Å². The maximum absolute atomic E-state index is 11.5. The smallest absolute Gasteiger partial charge is 0.306 e. The molecule has 0 aliphatic rings. The summed E-state index contributed by atoms with van der Waals surface area (Å²) in [5, 5.41) is 9.15. The molecule has 1 rings (SSSR count). The first-order valence-electron chi connectivity index (χ1n) is 5.48. The van der Waals surface area contributed by atoms with Crippen LogP contribution in [0.25, 0.3) is 0 Å². The number of carbonyl (C=O) groups excluding carboxylic acids is 1. The van der Waals surface area contributed by atoms with Crippen LogP contribution in [0, 0.1) is 16.6 Å². The van der Waals surface area contributed by atoms with Crippen LogP contribution in [0.1, 0.15) is 29.3 Å². The van der Waals surface area contributed by atoms with E-state index < -0.39 is 17.8 Å². The number of halogens is 3. The molecule has 1 aromatic rings. The molecule has 104 valence electrons. The van der Waals surface area contributed by atoms with Crippen LogP contribution >= 0.6 is 67.8 Å². The number of benzene rings is 1. The SMILES string of the molecule is CCC(Cc1c(I)cc(I)c(C(N)=O)c1I)C(=O)O. The van der Waals surface area contributed by atoms with E-state index >= 15 is 0 Å². The Morgan fingerprint density at radius 3 is 2.32 bits per heavy atom. The third kappa shape index (κ3) is 4.16. The average Bonchev–Trinajstić information content (AvgIpc) is 2.27. The van der Waals surface area contributed by atoms with Crippen LogP contribution in [0.2, 0.25) is 0 Å². The van der Waals surface area contributed by atoms with Gasteiger partial charge in [0.25, 0.3) is 5.91 Å². The Morgan fingerprint density at radius 1 is 1.32 bits per heavy atom. The molecule has 0 saturated heterocycles. The molecule has 1 amide bonds. The van der Waals surface area contributed by atoms with Crippen molar-refractivity contribution in [2.75, 3.05) is 0 Å². The van der Waals surface area contributed by atoms with Crippen molar-refractivity contribution in [3.05, 3.63) is 27.9 Å². The number of aliphatic carboxylic acids is 1. The van der Waals surface area contributed by atoms with Crippen molar-refractivity contribution in [2.45, 2.75) is 19.8 Å². The molecule has 1 aromatic carbocycles. The third-order valence-corrected chi connectivity index (χ3v) is 5.81. The van der Waals surface area contributed by atoms with E-state index in [-0.39, 0.29) is 0 Å². The predicted molar refractivity (Wildman–Crippen MR) is 98.2 cm³/mol. The quantitative estimate of drug-likeness (QED) is 0.511. The summed E-state index contributed by atoms with van der Waals surface area (Å²) >= 11 is 6.32. The number of hydrogen-bond acceptors (Lipinski definition) is 2. The third-order valence-electron chi connectivity index (χ3n) is 2.80. The van der Waals surface area contributed by atoms with Crippen molar-refractivity contribution in [3.8, 4) is 0 Å². The van der Waals surface area contributed by atoms with Gasteiger partial charge in [-0.1, -0.05) is 6.92 Å². The van der Waals surface area contributed by atoms with E-state index in [1.54, 1.807) is 0 Å². The Kier molecular flexibility index (Phi) is 6.76. The number of rotatable bonds is 5. The van der Waals surface area contributed by atoms with Crippen LogP contribution in [0.5, 0.6) is 0 Å². The average molecular weight is 599 g/mol. The molecule has 1 unspecified atom stereocenters. The Bertz CT molecular complexity index is 531. The number of carboxylic acid groups (broad SMARTS) is 1. The maximum Gasteiger partial charge on any atom is 0.306 e. The molecule has 0 fully saturated rings. The van der Waals surface area contributed by atoms with E-state index in [0.29, 0.717) is 18.4 Å². The monoisotopic (exact) mass is 599 g/mol. The first kappa shape index (κ1) is 17.4. The lowest BCUT2D eigenvalue weighted by molar-refractivity contribution is -0.141. The fourth-order valence-corrected chi connectivity index (χ4v) is 6.04. The molecule has 0 radical (unpaired) electrons. The van der Waals surface area contributed by atoms with E-state index in [0.717, 1.165) is 16.3 Å². The summed E-state index contributed by atoms with van der Waals surface area (Å²) in [6.07, 6.45) is 0.971. The number of hydrogen-bond donors (Lipinski definition) is 2. The largest absolute Gasteiger partial charge is 0.481 e. The van der Waals surface area contributed by atoms with Gasteiger partial charge in [0.1, 0.15) is 0 Å². The van der Waals surface area contributed by atoms with Crippen molar-refractivity contribution in [1.29, 1.82) is 0 Å². The number of carbonyl (C=O) groups is 2. The van der Waals surface area contributed by atoms with Gasteiger partial charge in [0.15, 0.2) is 0 Å². The number of nitrogens with two attached hydrogens (primary N) is 1. The second-order valence-electron chi connectivity index (χ2n) is 4.02. The Hall–Kier alpha value is 0.350. The van der Waals surface area contributed by atoms with Gasteiger partial charge in [-0.2, -0.15) is 0 Å². The summed E-state index contributed by atoms with van der Waals surface area (Å²) < 4.78 is 2.53. The fraction of sp³-hybridized carbons (Fsp3) is 0.333. The van der Waals surface area contributed by atoms with Crippen LogP contribution in [-0.2, 0) is 11.2 Å². The summed E-state index contributed by atoms with van der Waals surface area (Å²) in [4.78, 5) is 22.6. The zero-order chi connectivity index (χ0) is 14.7. The minimum absolute atomic E-state index is 0.416. The zero-order valence-electron chi connectivity index (χ0n) is 10.0. The highest BCUT2D eigenvalue weighted by Gasteiger charge is 2.22. The number of amides is 1. The van der Waals surface area contributed by atoms with Gasteiger partial charge in [-0.15, -0.1) is 0 Å². The van der Waals surface area contributed by atoms with Crippen molar-refractivity contribution >= 4 is 79.6 Å². The van der Waals surface area contributed by atoms with Crippen molar-refractivity contribution < 1.29 is 14.7 Å². The molecule has 0 heterocycles. The molecule has 4 nitrogen and oxygen atoms in total. The highest BCUT2D eigenvalue weighted by molar-refractivity contribution is 14.1. The first-order valence-corrected chi connectivity index (χ1v) is 8.72. The lowest BCUT2D eigenvalue weighted by Gasteiger charge is -2.16. The van der Waals surface area contributed by atoms with Crippen LogP contribution in [-0.4, -0.2) is 17.0 Å². The van der Waals surface area contributed by atoms with Crippen molar-refractivity contribution in [3.63, 3.8) is 0 Å². The van der Waals surface area contributed by atoms with Gasteiger partial charge in [0.2, 0.25) is 0 Å². The van der Waals surface area contributed by atoms with Crippen LogP contribution in [0.4, 0.5) is 0 Å². The Balaban J connectivity index is 3.32. The van der Waals surface area contributed by atoms with Gasteiger partial charge >= 0.3 is 5.97 Å². The molecule has 7 heteroatoms. The summed E-state index contributed by atoms with van der Waals surface area (Å²) in [6.45, 7) is 1.85. The highest BCUT2D eigenvalue weighted by atomic mass is 127. The molecule has 3 N–H and O–H groups in total. The standard InChI is InChI=1S/C12H12I3NO3/c1-2-5(12(18)19)3-6-7(13)4-8(14)9(10(6)15)11(16)17/h4-5H,2-3H2,1H3,(H2,16,17)(H,18,19). The van der Waals surface area contributed by atoms with Gasteiger partial charge in [0, 0.05) is 10.7 Å². The molecule has 0 aliphatic carbocycles. The van der Waals surface area contributed by atoms with Crippen molar-refractivity contribution in [2.24, 2.45) is 11.7 Å². The Morgan fingerprint density at radius 2 is 1.89 bits per heavy atom. The molecule has 0 bridgehead atoms. The number of carboxylic acids is 1. The molecular weight excluding hydrogens is 587 g/mol. The van der Waals surface area contributed by atoms with Gasteiger partial charge in [-0.25, -0.2) is 0 Å². The summed E-state index contributed by atoms with van der Waals surface area (Å²) in [5.41, 5.74) is 6.77. The van der Waals surface area contributed by atoms with Gasteiger partial charge in [-0.05, 0) is 92.2 Å². The molecule has 0 aromatic heterocycles. The highest BCUT2D eigenvalue weighted by Crippen LogP contribution is 2.29. The van der Waals surface area contributed by atoms with E-state index in [9.17, 15) is 9.59 Å². The second kappa shape index (κ2) is 7.38. The lowest BCUT2D eigenvalue weighted by atomic mass is 9.96. The van der Waals surface area contributed by atoms with Crippen LogP contribution in [0.3, 0.4) is 0 Å². The predicted octanol–water partition coefficient (Wildman–Crippen LogP) is 3.25. The summed E-state index contributed by atoms with van der Waals surface area (Å²) in [7, 11) is 0. The Labute approximate surface area is 152 Å². The van der Waals surface area contributed by atoms with E-state index in [1.807, 2.05) is 13.0 Å². The fourth-order valence-electron chi connectivity index (χ4n) is 1.70. The van der Waals surface area contributed by atoms with E-state index in [2.05, 4.69) is 67.8 Å². The molecule has 0 spiro atoms. The van der Waals surface area contributed by atoms with Crippen LogP contribution < -0.4 is 5.73 Å². The van der Waals surface area contributed by atoms with Crippen LogP contribution in [0.15, 0.2) is 6.07 Å². The lowest BCUT2D eigenvalue weighted by Crippen LogP contribution is -2.20. The van der Waals surface area contributed by atoms with E-state index in [4.69, 9.17) is 10.8 Å². The molecular formula is C12H12I3NO3. The van der Waals surface area contributed by atoms with Gasteiger partial charge < -0.3 is 10.8 Å². The molecule has 1 atom stereocenters. The molecule has 0 aliphatic heterocycles. The van der Waals surface area contributed by atoms with Gasteiger partial charge in [0.05, 0.1) is 11.5 Å².